The molecule has 1 aromatic rings. The van der Waals surface area contributed by atoms with Crippen LogP contribution in [0.25, 0.3) is 0 Å². The van der Waals surface area contributed by atoms with Crippen molar-refractivity contribution in [2.45, 2.75) is 22.6 Å². The van der Waals surface area contributed by atoms with Gasteiger partial charge in [-0.25, -0.2) is 8.42 Å². The van der Waals surface area contributed by atoms with Gasteiger partial charge >= 0.3 is 5.97 Å². The molecule has 104 valence electrons. The van der Waals surface area contributed by atoms with Gasteiger partial charge in [-0.1, -0.05) is 23.7 Å². The fourth-order valence-electron chi connectivity index (χ4n) is 2.12. The summed E-state index contributed by atoms with van der Waals surface area (Å²) >= 11 is 5.92. The lowest BCUT2D eigenvalue weighted by Gasteiger charge is -2.12. The number of benzene rings is 1. The lowest BCUT2D eigenvalue weighted by atomic mass is 10.2. The van der Waals surface area contributed by atoms with Crippen molar-refractivity contribution >= 4 is 27.4 Å². The van der Waals surface area contributed by atoms with E-state index in [1.165, 1.54) is 19.2 Å². The third-order valence-corrected chi connectivity index (χ3v) is 5.81. The SMILES string of the molecule is COC(=O)C1CC(S(=O)(=O)c2ccccc2Cl)CN1. The Kier molecular flexibility index (Phi) is 4.13. The van der Waals surface area contributed by atoms with Crippen molar-refractivity contribution in [3.05, 3.63) is 29.3 Å². The van der Waals surface area contributed by atoms with Gasteiger partial charge in [0.1, 0.15) is 6.04 Å². The lowest BCUT2D eigenvalue weighted by molar-refractivity contribution is -0.142. The van der Waals surface area contributed by atoms with Crippen molar-refractivity contribution in [3.8, 4) is 0 Å². The van der Waals surface area contributed by atoms with E-state index in [0.29, 0.717) is 0 Å². The van der Waals surface area contributed by atoms with Crippen LogP contribution >= 0.6 is 11.6 Å². The second-order valence-electron chi connectivity index (χ2n) is 4.32. The molecule has 2 unspecified atom stereocenters. The Morgan fingerprint density at radius 3 is 2.74 bits per heavy atom. The Morgan fingerprint density at radius 2 is 2.11 bits per heavy atom. The van der Waals surface area contributed by atoms with Crippen molar-refractivity contribution in [1.82, 2.24) is 5.32 Å². The molecule has 2 rings (SSSR count). The average molecular weight is 304 g/mol. The first-order valence-electron chi connectivity index (χ1n) is 5.76. The van der Waals surface area contributed by atoms with Crippen LogP contribution in [-0.4, -0.2) is 39.3 Å². The van der Waals surface area contributed by atoms with Crippen molar-refractivity contribution in [3.63, 3.8) is 0 Å². The Hall–Kier alpha value is -1.11. The van der Waals surface area contributed by atoms with E-state index in [0.717, 1.165) is 0 Å². The summed E-state index contributed by atoms with van der Waals surface area (Å²) in [6, 6.07) is 5.73. The van der Waals surface area contributed by atoms with Crippen LogP contribution in [0.5, 0.6) is 0 Å². The molecule has 0 radical (unpaired) electrons. The normalized spacial score (nSPS) is 23.3. The summed E-state index contributed by atoms with van der Waals surface area (Å²) in [6.45, 7) is 0.216. The van der Waals surface area contributed by atoms with Crippen molar-refractivity contribution in [1.29, 1.82) is 0 Å². The van der Waals surface area contributed by atoms with E-state index in [2.05, 4.69) is 10.1 Å². The Balaban J connectivity index is 2.24. The van der Waals surface area contributed by atoms with Gasteiger partial charge in [0, 0.05) is 6.54 Å². The van der Waals surface area contributed by atoms with Gasteiger partial charge in [0.05, 0.1) is 22.3 Å². The smallest absolute Gasteiger partial charge is 0.322 e. The molecular formula is C12H14ClNO4S. The van der Waals surface area contributed by atoms with Crippen LogP contribution in [-0.2, 0) is 19.4 Å². The predicted molar refractivity (Wildman–Crippen MR) is 70.8 cm³/mol. The van der Waals surface area contributed by atoms with Gasteiger partial charge in [-0.05, 0) is 18.6 Å². The highest BCUT2D eigenvalue weighted by Crippen LogP contribution is 2.28. The van der Waals surface area contributed by atoms with Gasteiger partial charge in [-0.15, -0.1) is 0 Å². The highest BCUT2D eigenvalue weighted by Gasteiger charge is 2.39. The Morgan fingerprint density at radius 1 is 1.42 bits per heavy atom. The lowest BCUT2D eigenvalue weighted by Crippen LogP contribution is -2.31. The number of ether oxygens (including phenoxy) is 1. The van der Waals surface area contributed by atoms with Crippen molar-refractivity contribution in [2.24, 2.45) is 0 Å². The molecule has 0 aromatic heterocycles. The van der Waals surface area contributed by atoms with Gasteiger partial charge in [-0.2, -0.15) is 0 Å². The zero-order valence-electron chi connectivity index (χ0n) is 10.3. The molecular weight excluding hydrogens is 290 g/mol. The van der Waals surface area contributed by atoms with Crippen LogP contribution < -0.4 is 5.32 Å². The van der Waals surface area contributed by atoms with E-state index in [1.54, 1.807) is 12.1 Å². The molecule has 0 amide bonds. The van der Waals surface area contributed by atoms with E-state index < -0.39 is 27.1 Å². The molecule has 0 aliphatic carbocycles. The molecule has 1 saturated heterocycles. The van der Waals surface area contributed by atoms with E-state index in [9.17, 15) is 13.2 Å². The highest BCUT2D eigenvalue weighted by molar-refractivity contribution is 7.92. The monoisotopic (exact) mass is 303 g/mol. The summed E-state index contributed by atoms with van der Waals surface area (Å²) in [5.41, 5.74) is 0. The molecule has 1 N–H and O–H groups in total. The van der Waals surface area contributed by atoms with E-state index >= 15 is 0 Å². The second-order valence-corrected chi connectivity index (χ2v) is 6.92. The number of sulfone groups is 1. The summed E-state index contributed by atoms with van der Waals surface area (Å²) in [7, 11) is -2.27. The number of hydrogen-bond acceptors (Lipinski definition) is 5. The van der Waals surface area contributed by atoms with E-state index in [4.69, 9.17) is 11.6 Å². The molecule has 1 heterocycles. The number of hydrogen-bond donors (Lipinski definition) is 1. The number of carbonyl (C=O) groups excluding carboxylic acids is 1. The summed E-state index contributed by atoms with van der Waals surface area (Å²) < 4.78 is 29.5. The second kappa shape index (κ2) is 5.48. The minimum Gasteiger partial charge on any atom is -0.468 e. The molecule has 0 spiro atoms. The van der Waals surface area contributed by atoms with Crippen molar-refractivity contribution < 1.29 is 17.9 Å². The maximum absolute atomic E-state index is 12.4. The van der Waals surface area contributed by atoms with Gasteiger partial charge in [0.2, 0.25) is 0 Å². The molecule has 0 saturated carbocycles. The van der Waals surface area contributed by atoms with Gasteiger partial charge in [-0.3, -0.25) is 4.79 Å². The first kappa shape index (κ1) is 14.3. The minimum atomic E-state index is -3.55. The van der Waals surface area contributed by atoms with Crippen LogP contribution in [0.15, 0.2) is 29.2 Å². The Bertz CT molecular complexity index is 587. The average Bonchev–Trinajstić information content (AvgIpc) is 2.88. The minimum absolute atomic E-state index is 0.106. The third kappa shape index (κ3) is 2.75. The van der Waals surface area contributed by atoms with Gasteiger partial charge in [0.15, 0.2) is 9.84 Å². The van der Waals surface area contributed by atoms with Crippen LogP contribution in [0.3, 0.4) is 0 Å². The zero-order chi connectivity index (χ0) is 14.0. The standard InChI is InChI=1S/C12H14ClNO4S/c1-18-12(15)10-6-8(7-14-10)19(16,17)11-5-3-2-4-9(11)13/h2-5,8,10,14H,6-7H2,1H3. The highest BCUT2D eigenvalue weighted by atomic mass is 35.5. The number of esters is 1. The quantitative estimate of drug-likeness (QED) is 0.844. The van der Waals surface area contributed by atoms with Crippen LogP contribution in [0, 0.1) is 0 Å². The first-order valence-corrected chi connectivity index (χ1v) is 7.69. The summed E-state index contributed by atoms with van der Waals surface area (Å²) in [6.07, 6.45) is 0.195. The van der Waals surface area contributed by atoms with Crippen molar-refractivity contribution in [2.75, 3.05) is 13.7 Å². The number of methoxy groups -OCH3 is 1. The summed E-state index contributed by atoms with van der Waals surface area (Å²) in [5.74, 6) is -0.447. The molecule has 1 aliphatic rings. The zero-order valence-corrected chi connectivity index (χ0v) is 11.9. The maximum atomic E-state index is 12.4. The van der Waals surface area contributed by atoms with Gasteiger partial charge < -0.3 is 10.1 Å². The fraction of sp³-hybridized carbons (Fsp3) is 0.417. The number of nitrogens with one attached hydrogen (secondary N) is 1. The maximum Gasteiger partial charge on any atom is 0.322 e. The number of carbonyl (C=O) groups is 1. The largest absolute Gasteiger partial charge is 0.468 e. The van der Waals surface area contributed by atoms with Crippen LogP contribution in [0.1, 0.15) is 6.42 Å². The Labute approximate surface area is 116 Å². The van der Waals surface area contributed by atoms with Crippen LogP contribution in [0.4, 0.5) is 0 Å². The topological polar surface area (TPSA) is 72.5 Å². The molecule has 19 heavy (non-hydrogen) atoms. The predicted octanol–water partition coefficient (Wildman–Crippen LogP) is 1.02. The molecule has 5 nitrogen and oxygen atoms in total. The molecule has 7 heteroatoms. The number of rotatable bonds is 3. The number of halogens is 1. The summed E-state index contributed by atoms with van der Waals surface area (Å²) in [5, 5.41) is 2.38. The fourth-order valence-corrected chi connectivity index (χ4v) is 4.30. The van der Waals surface area contributed by atoms with Crippen LogP contribution in [0.2, 0.25) is 5.02 Å². The molecule has 1 aromatic carbocycles. The molecule has 2 atom stereocenters. The third-order valence-electron chi connectivity index (χ3n) is 3.16. The molecule has 0 bridgehead atoms. The molecule has 1 fully saturated rings. The summed E-state index contributed by atoms with van der Waals surface area (Å²) in [4.78, 5) is 11.5. The van der Waals surface area contributed by atoms with E-state index in [1.807, 2.05) is 0 Å². The van der Waals surface area contributed by atoms with Gasteiger partial charge in [0.25, 0.3) is 0 Å². The first-order chi connectivity index (χ1) is 8.96. The van der Waals surface area contributed by atoms with E-state index in [-0.39, 0.29) is 22.9 Å². The molecule has 1 aliphatic heterocycles.